The molecule has 0 aliphatic heterocycles. The third kappa shape index (κ3) is 10.2. The maximum absolute atomic E-state index is 10.8. The van der Waals surface area contributed by atoms with E-state index in [1.165, 1.54) is 11.1 Å². The van der Waals surface area contributed by atoms with Gasteiger partial charge < -0.3 is 29.8 Å². The van der Waals surface area contributed by atoms with Crippen molar-refractivity contribution < 1.29 is 10.2 Å². The van der Waals surface area contributed by atoms with Crippen LogP contribution in [-0.4, -0.2) is 117 Å². The van der Waals surface area contributed by atoms with Crippen molar-refractivity contribution in [2.45, 2.75) is 39.3 Å². The van der Waals surface area contributed by atoms with Crippen molar-refractivity contribution >= 4 is 0 Å². The number of phenols is 2. The summed E-state index contributed by atoms with van der Waals surface area (Å²) in [5, 5.41) is 21.7. The fourth-order valence-electron chi connectivity index (χ4n) is 4.83. The summed E-state index contributed by atoms with van der Waals surface area (Å²) in [6.07, 6.45) is 0. The molecule has 2 aromatic rings. The van der Waals surface area contributed by atoms with Crippen LogP contribution in [0.1, 0.15) is 33.4 Å². The fourth-order valence-corrected chi connectivity index (χ4v) is 4.83. The van der Waals surface area contributed by atoms with Crippen LogP contribution < -0.4 is 0 Å². The van der Waals surface area contributed by atoms with Gasteiger partial charge >= 0.3 is 0 Å². The van der Waals surface area contributed by atoms with Gasteiger partial charge in [-0.05, 0) is 106 Å². The Bertz CT molecular complexity index is 864. The Morgan fingerprint density at radius 3 is 0.892 bits per heavy atom. The highest BCUT2D eigenvalue weighted by Crippen LogP contribution is 2.29. The van der Waals surface area contributed by atoms with Crippen molar-refractivity contribution in [2.75, 3.05) is 77.1 Å². The Hall–Kier alpha value is -2.20. The predicted octanol–water partition coefficient (Wildman–Crippen LogP) is 2.87. The normalized spacial score (nSPS) is 12.3. The maximum Gasteiger partial charge on any atom is 0.124 e. The summed E-state index contributed by atoms with van der Waals surface area (Å²) in [6.45, 7) is 5.19. The standard InChI is InChI=1S/C29H50N6O2/c1-30(2)17-24-11-22(12-25(28(24)36)18-31(3)4)15-34(9)21-35(10)16-23-13-26(19-32(5)6)29(37)27(14-23)20-33(7)8/h11-14,36-37H,15-21H2,1-10H3. The molecule has 0 spiro atoms. The number of nitrogens with zero attached hydrogens (tertiary/aromatic N) is 6. The van der Waals surface area contributed by atoms with Gasteiger partial charge in [-0.3, -0.25) is 9.80 Å². The summed E-state index contributed by atoms with van der Waals surface area (Å²) in [5.41, 5.74) is 6.26. The van der Waals surface area contributed by atoms with E-state index in [1.54, 1.807) is 0 Å². The molecule has 0 atom stereocenters. The van der Waals surface area contributed by atoms with Crippen LogP contribution in [0.5, 0.6) is 11.5 Å². The third-order valence-electron chi connectivity index (χ3n) is 5.99. The van der Waals surface area contributed by atoms with Gasteiger partial charge in [0.2, 0.25) is 0 Å². The molecule has 8 heteroatoms. The largest absolute Gasteiger partial charge is 0.507 e. The second-order valence-corrected chi connectivity index (χ2v) is 11.6. The Morgan fingerprint density at radius 2 is 0.676 bits per heavy atom. The molecule has 0 saturated carbocycles. The SMILES string of the molecule is CN(C)Cc1cc(CN(C)CN(C)Cc2cc(CN(C)C)c(O)c(CN(C)C)c2)cc(CN(C)C)c1O. The zero-order valence-electron chi connectivity index (χ0n) is 24.8. The molecule has 0 heterocycles. The lowest BCUT2D eigenvalue weighted by Gasteiger charge is -2.26. The fraction of sp³-hybridized carbons (Fsp3) is 0.586. The number of phenolic OH excluding ortho intramolecular Hbond substituents is 2. The van der Waals surface area contributed by atoms with E-state index >= 15 is 0 Å². The molecule has 2 rings (SSSR count). The minimum absolute atomic E-state index is 0.403. The molecule has 0 bridgehead atoms. The van der Waals surface area contributed by atoms with Gasteiger partial charge in [0, 0.05) is 61.5 Å². The van der Waals surface area contributed by atoms with Gasteiger partial charge in [-0.2, -0.15) is 0 Å². The highest BCUT2D eigenvalue weighted by atomic mass is 16.3. The van der Waals surface area contributed by atoms with Crippen LogP contribution in [0.2, 0.25) is 0 Å². The minimum Gasteiger partial charge on any atom is -0.507 e. The smallest absolute Gasteiger partial charge is 0.124 e. The third-order valence-corrected chi connectivity index (χ3v) is 5.99. The van der Waals surface area contributed by atoms with Crippen molar-refractivity contribution in [2.24, 2.45) is 0 Å². The molecule has 37 heavy (non-hydrogen) atoms. The van der Waals surface area contributed by atoms with Crippen LogP contribution in [0.3, 0.4) is 0 Å². The first-order chi connectivity index (χ1) is 17.2. The average molecular weight is 515 g/mol. The number of aromatic hydroxyl groups is 2. The van der Waals surface area contributed by atoms with Crippen molar-refractivity contribution in [3.8, 4) is 11.5 Å². The van der Waals surface area contributed by atoms with Crippen LogP contribution in [-0.2, 0) is 39.3 Å². The number of hydrogen-bond acceptors (Lipinski definition) is 8. The van der Waals surface area contributed by atoms with E-state index in [0.717, 1.165) is 42.0 Å². The van der Waals surface area contributed by atoms with Gasteiger partial charge in [0.25, 0.3) is 0 Å². The van der Waals surface area contributed by atoms with Gasteiger partial charge in [0.05, 0.1) is 6.67 Å². The monoisotopic (exact) mass is 514 g/mol. The predicted molar refractivity (Wildman–Crippen MR) is 154 cm³/mol. The lowest BCUT2D eigenvalue weighted by atomic mass is 10.0. The molecular formula is C29H50N6O2. The quantitative estimate of drug-likeness (QED) is 0.373. The first-order valence-electron chi connectivity index (χ1n) is 12.9. The second kappa shape index (κ2) is 14.1. The molecule has 0 fully saturated rings. The van der Waals surface area contributed by atoms with E-state index in [2.05, 4.69) is 67.8 Å². The van der Waals surface area contributed by atoms with Gasteiger partial charge in [-0.1, -0.05) is 0 Å². The Morgan fingerprint density at radius 1 is 0.432 bits per heavy atom. The van der Waals surface area contributed by atoms with E-state index in [1.807, 2.05) is 56.4 Å². The molecule has 0 aromatic heterocycles. The van der Waals surface area contributed by atoms with Gasteiger partial charge in [0.15, 0.2) is 0 Å². The summed E-state index contributed by atoms with van der Waals surface area (Å²) in [5.74, 6) is 0.806. The molecule has 8 nitrogen and oxygen atoms in total. The van der Waals surface area contributed by atoms with E-state index in [9.17, 15) is 10.2 Å². The van der Waals surface area contributed by atoms with Crippen molar-refractivity contribution in [1.29, 1.82) is 0 Å². The first-order valence-corrected chi connectivity index (χ1v) is 12.9. The van der Waals surface area contributed by atoms with Gasteiger partial charge in [0.1, 0.15) is 11.5 Å². The van der Waals surface area contributed by atoms with Gasteiger partial charge in [-0.15, -0.1) is 0 Å². The summed E-state index contributed by atoms with van der Waals surface area (Å²) in [7, 11) is 20.5. The molecular weight excluding hydrogens is 464 g/mol. The second-order valence-electron chi connectivity index (χ2n) is 11.6. The average Bonchev–Trinajstić information content (AvgIpc) is 2.73. The number of benzene rings is 2. The molecule has 0 saturated heterocycles. The molecule has 0 aliphatic rings. The highest BCUT2D eigenvalue weighted by Gasteiger charge is 2.16. The zero-order valence-corrected chi connectivity index (χ0v) is 24.8. The van der Waals surface area contributed by atoms with Crippen LogP contribution in [0.15, 0.2) is 24.3 Å². The van der Waals surface area contributed by atoms with Gasteiger partial charge in [-0.25, -0.2) is 0 Å². The zero-order chi connectivity index (χ0) is 27.9. The highest BCUT2D eigenvalue weighted by molar-refractivity contribution is 5.45. The Kier molecular flexibility index (Phi) is 11.8. The van der Waals surface area contributed by atoms with Crippen LogP contribution in [0.4, 0.5) is 0 Å². The van der Waals surface area contributed by atoms with Crippen LogP contribution >= 0.6 is 0 Å². The van der Waals surface area contributed by atoms with Crippen LogP contribution in [0, 0.1) is 0 Å². The molecule has 2 N–H and O–H groups in total. The topological polar surface area (TPSA) is 59.9 Å². The lowest BCUT2D eigenvalue weighted by molar-refractivity contribution is 0.171. The minimum atomic E-state index is 0.403. The van der Waals surface area contributed by atoms with Crippen molar-refractivity contribution in [3.63, 3.8) is 0 Å². The van der Waals surface area contributed by atoms with Crippen LogP contribution in [0.25, 0.3) is 0 Å². The molecule has 0 unspecified atom stereocenters. The molecule has 0 radical (unpaired) electrons. The molecule has 0 aliphatic carbocycles. The number of hydrogen-bond donors (Lipinski definition) is 2. The Balaban J connectivity index is 2.17. The van der Waals surface area contributed by atoms with E-state index < -0.39 is 0 Å². The summed E-state index contributed by atoms with van der Waals surface area (Å²) < 4.78 is 0. The van der Waals surface area contributed by atoms with E-state index in [-0.39, 0.29) is 0 Å². The summed E-state index contributed by atoms with van der Waals surface area (Å²) in [4.78, 5) is 12.9. The van der Waals surface area contributed by atoms with Crippen molar-refractivity contribution in [3.05, 3.63) is 57.6 Å². The molecule has 0 amide bonds. The lowest BCUT2D eigenvalue weighted by Crippen LogP contribution is -2.32. The van der Waals surface area contributed by atoms with E-state index in [0.29, 0.717) is 37.7 Å². The summed E-state index contributed by atoms with van der Waals surface area (Å²) in [6, 6.07) is 8.52. The molecule has 2 aromatic carbocycles. The van der Waals surface area contributed by atoms with Crippen molar-refractivity contribution in [1.82, 2.24) is 29.4 Å². The van der Waals surface area contributed by atoms with E-state index in [4.69, 9.17) is 0 Å². The summed E-state index contributed by atoms with van der Waals surface area (Å²) >= 11 is 0. The first kappa shape index (κ1) is 31.0. The Labute approximate surface area is 225 Å². The molecule has 208 valence electrons. The maximum atomic E-state index is 10.8. The number of rotatable bonds is 14.